The maximum absolute atomic E-state index is 12.4. The van der Waals surface area contributed by atoms with Crippen LogP contribution in [0.5, 0.6) is 0 Å². The van der Waals surface area contributed by atoms with E-state index in [0.717, 1.165) is 7.11 Å². The van der Waals surface area contributed by atoms with Crippen LogP contribution in [0.3, 0.4) is 0 Å². The van der Waals surface area contributed by atoms with Crippen molar-refractivity contribution in [1.82, 2.24) is 0 Å². The van der Waals surface area contributed by atoms with Crippen LogP contribution in [0.15, 0.2) is 60.7 Å². The quantitative estimate of drug-likeness (QED) is 0.337. The molecule has 0 heterocycles. The Morgan fingerprint density at radius 3 is 2.08 bits per heavy atom. The Balaban J connectivity index is 2.34. The number of Topliss-reactive ketones (excluding diaryl/α,β-unsaturated/α-hetero) is 1. The predicted molar refractivity (Wildman–Crippen MR) is 87.1 cm³/mol. The van der Waals surface area contributed by atoms with E-state index in [1.165, 1.54) is 0 Å². The van der Waals surface area contributed by atoms with Crippen LogP contribution in [0.1, 0.15) is 28.4 Å². The summed E-state index contributed by atoms with van der Waals surface area (Å²) in [6.07, 6.45) is -0.294. The first kappa shape index (κ1) is 17.3. The lowest BCUT2D eigenvalue weighted by Gasteiger charge is -2.18. The third-order valence-electron chi connectivity index (χ3n) is 3.75. The van der Waals surface area contributed by atoms with Gasteiger partial charge in [0.05, 0.1) is 7.11 Å². The second-order valence-electron chi connectivity index (χ2n) is 5.26. The van der Waals surface area contributed by atoms with Gasteiger partial charge in [0.1, 0.15) is 5.92 Å². The van der Waals surface area contributed by atoms with Gasteiger partial charge in [0.2, 0.25) is 0 Å². The molecule has 0 N–H and O–H groups in total. The first-order valence-electron chi connectivity index (χ1n) is 7.39. The number of nitro groups is 1. The van der Waals surface area contributed by atoms with E-state index in [-0.39, 0.29) is 12.2 Å². The molecule has 124 valence electrons. The number of hydrogen-bond acceptors (Lipinski definition) is 5. The number of carbonyl (C=O) groups excluding carboxylic acids is 2. The number of methoxy groups -OCH3 is 1. The number of esters is 1. The molecule has 0 saturated heterocycles. The third-order valence-corrected chi connectivity index (χ3v) is 3.75. The number of hydrogen-bond donors (Lipinski definition) is 0. The van der Waals surface area contributed by atoms with Crippen LogP contribution in [-0.2, 0) is 9.53 Å². The molecular formula is C18H17NO5. The molecule has 24 heavy (non-hydrogen) atoms. The summed E-state index contributed by atoms with van der Waals surface area (Å²) in [5.74, 6) is -2.31. The summed E-state index contributed by atoms with van der Waals surface area (Å²) < 4.78 is 4.71. The Bertz CT molecular complexity index is 715. The first-order chi connectivity index (χ1) is 11.5. The van der Waals surface area contributed by atoms with Crippen molar-refractivity contribution in [2.75, 3.05) is 7.11 Å². The van der Waals surface area contributed by atoms with Gasteiger partial charge in [0.15, 0.2) is 5.78 Å². The van der Waals surface area contributed by atoms with Crippen LogP contribution >= 0.6 is 0 Å². The van der Waals surface area contributed by atoms with E-state index < -0.39 is 22.9 Å². The Morgan fingerprint density at radius 2 is 1.58 bits per heavy atom. The average Bonchev–Trinajstić information content (AvgIpc) is 2.61. The molecule has 2 aromatic rings. The van der Waals surface area contributed by atoms with E-state index in [1.807, 2.05) is 0 Å². The van der Waals surface area contributed by atoms with Gasteiger partial charge in [-0.3, -0.25) is 19.7 Å². The van der Waals surface area contributed by atoms with Crippen molar-refractivity contribution < 1.29 is 19.2 Å². The molecule has 0 aliphatic rings. The highest BCUT2D eigenvalue weighted by atomic mass is 16.6. The fourth-order valence-electron chi connectivity index (χ4n) is 2.57. The molecule has 0 spiro atoms. The molecule has 2 atom stereocenters. The molecule has 0 fully saturated rings. The third kappa shape index (κ3) is 4.04. The molecule has 0 unspecified atom stereocenters. The minimum Gasteiger partial charge on any atom is -0.469 e. The lowest BCUT2D eigenvalue weighted by atomic mass is 9.88. The standard InChI is InChI=1S/C18H17NO5/c1-24-18(21)15(12-16(20)13-8-4-2-5-9-13)17(19(22)23)14-10-6-3-7-11-14/h2-11,15,17H,12H2,1H3/t15-,17-/m1/s1. The number of benzene rings is 2. The van der Waals surface area contributed by atoms with E-state index in [0.29, 0.717) is 11.1 Å². The molecule has 6 heteroatoms. The Kier molecular flexibility index (Phi) is 5.78. The Labute approximate surface area is 139 Å². The summed E-state index contributed by atoms with van der Waals surface area (Å²) in [5.41, 5.74) is 0.764. The maximum Gasteiger partial charge on any atom is 0.316 e. The van der Waals surface area contributed by atoms with E-state index in [1.54, 1.807) is 60.7 Å². The van der Waals surface area contributed by atoms with Gasteiger partial charge in [-0.2, -0.15) is 0 Å². The van der Waals surface area contributed by atoms with Gasteiger partial charge < -0.3 is 4.74 Å². The maximum atomic E-state index is 12.4. The topological polar surface area (TPSA) is 86.5 Å². The van der Waals surface area contributed by atoms with Crippen LogP contribution in [-0.4, -0.2) is 23.8 Å². The molecule has 0 aromatic heterocycles. The van der Waals surface area contributed by atoms with E-state index in [4.69, 9.17) is 4.74 Å². The summed E-state index contributed by atoms with van der Waals surface area (Å²) >= 11 is 0. The number of ether oxygens (including phenoxy) is 1. The van der Waals surface area contributed by atoms with Crippen molar-refractivity contribution in [2.45, 2.75) is 12.5 Å². The summed E-state index contributed by atoms with van der Waals surface area (Å²) in [4.78, 5) is 35.5. The highest BCUT2D eigenvalue weighted by Gasteiger charge is 2.40. The van der Waals surface area contributed by atoms with Crippen LogP contribution in [0.4, 0.5) is 0 Å². The fourth-order valence-corrected chi connectivity index (χ4v) is 2.57. The molecule has 0 bridgehead atoms. The zero-order valence-corrected chi connectivity index (χ0v) is 13.1. The largest absolute Gasteiger partial charge is 0.469 e. The fraction of sp³-hybridized carbons (Fsp3) is 0.222. The normalized spacial score (nSPS) is 12.9. The van der Waals surface area contributed by atoms with Gasteiger partial charge in [0, 0.05) is 22.5 Å². The molecule has 2 rings (SSSR count). The van der Waals surface area contributed by atoms with Crippen LogP contribution < -0.4 is 0 Å². The molecule has 0 amide bonds. The lowest BCUT2D eigenvalue weighted by Crippen LogP contribution is -2.31. The summed E-state index contributed by atoms with van der Waals surface area (Å²) in [7, 11) is 1.16. The van der Waals surface area contributed by atoms with Gasteiger partial charge in [-0.05, 0) is 0 Å². The minimum atomic E-state index is -1.34. The predicted octanol–water partition coefficient (Wildman–Crippen LogP) is 3.07. The van der Waals surface area contributed by atoms with Crippen molar-refractivity contribution in [2.24, 2.45) is 5.92 Å². The van der Waals surface area contributed by atoms with Gasteiger partial charge in [-0.25, -0.2) is 0 Å². The van der Waals surface area contributed by atoms with E-state index in [9.17, 15) is 19.7 Å². The molecule has 6 nitrogen and oxygen atoms in total. The monoisotopic (exact) mass is 327 g/mol. The van der Waals surface area contributed by atoms with Crippen molar-refractivity contribution in [3.63, 3.8) is 0 Å². The number of nitrogens with zero attached hydrogens (tertiary/aromatic N) is 1. The van der Waals surface area contributed by atoms with Gasteiger partial charge >= 0.3 is 5.97 Å². The number of carbonyl (C=O) groups is 2. The second kappa shape index (κ2) is 8.01. The summed E-state index contributed by atoms with van der Waals surface area (Å²) in [5, 5.41) is 11.6. The average molecular weight is 327 g/mol. The Morgan fingerprint density at radius 1 is 1.04 bits per heavy atom. The first-order valence-corrected chi connectivity index (χ1v) is 7.39. The zero-order valence-electron chi connectivity index (χ0n) is 13.1. The summed E-state index contributed by atoms with van der Waals surface area (Å²) in [6.45, 7) is 0. The van der Waals surface area contributed by atoms with Crippen LogP contribution in [0, 0.1) is 16.0 Å². The molecule has 0 aliphatic heterocycles. The van der Waals surface area contributed by atoms with Crippen LogP contribution in [0.2, 0.25) is 0 Å². The van der Waals surface area contributed by atoms with E-state index in [2.05, 4.69) is 0 Å². The smallest absolute Gasteiger partial charge is 0.316 e. The molecular weight excluding hydrogens is 310 g/mol. The van der Waals surface area contributed by atoms with Gasteiger partial charge in [-0.15, -0.1) is 0 Å². The lowest BCUT2D eigenvalue weighted by molar-refractivity contribution is -0.536. The molecule has 0 aliphatic carbocycles. The zero-order chi connectivity index (χ0) is 17.5. The number of rotatable bonds is 7. The highest BCUT2D eigenvalue weighted by molar-refractivity contribution is 5.98. The highest BCUT2D eigenvalue weighted by Crippen LogP contribution is 2.30. The number of ketones is 1. The second-order valence-corrected chi connectivity index (χ2v) is 5.26. The van der Waals surface area contributed by atoms with E-state index >= 15 is 0 Å². The van der Waals surface area contributed by atoms with Crippen molar-refractivity contribution in [3.05, 3.63) is 81.9 Å². The molecule has 0 radical (unpaired) electrons. The van der Waals surface area contributed by atoms with Crippen LogP contribution in [0.25, 0.3) is 0 Å². The minimum absolute atomic E-state index is 0.294. The SMILES string of the molecule is COC(=O)[C@H](CC(=O)c1ccccc1)[C@@H](c1ccccc1)[N+](=O)[O-]. The molecule has 2 aromatic carbocycles. The van der Waals surface area contributed by atoms with Crippen molar-refractivity contribution in [1.29, 1.82) is 0 Å². The Hall–Kier alpha value is -3.02. The van der Waals surface area contributed by atoms with Crippen molar-refractivity contribution >= 4 is 11.8 Å². The summed E-state index contributed by atoms with van der Waals surface area (Å²) in [6, 6.07) is 15.2. The van der Waals surface area contributed by atoms with Gasteiger partial charge in [-0.1, -0.05) is 60.7 Å². The molecule has 0 saturated carbocycles. The van der Waals surface area contributed by atoms with Gasteiger partial charge in [0.25, 0.3) is 6.04 Å². The van der Waals surface area contributed by atoms with Crippen molar-refractivity contribution in [3.8, 4) is 0 Å².